The van der Waals surface area contributed by atoms with Gasteiger partial charge in [-0.2, -0.15) is 0 Å². The Kier molecular flexibility index (Phi) is 4.48. The molecular formula is C19H24N4OS. The second kappa shape index (κ2) is 6.77. The SMILES string of the molecule is CNc1ccc(-c2ncc(C(=O)NC3C4CCN(CC4)C3C)s2)cc1. The van der Waals surface area contributed by atoms with Gasteiger partial charge in [-0.05, 0) is 63.0 Å². The first-order chi connectivity index (χ1) is 12.2. The number of carbonyl (C=O) groups is 1. The molecule has 2 atom stereocenters. The molecule has 1 amide bonds. The molecule has 25 heavy (non-hydrogen) atoms. The molecule has 1 aromatic heterocycles. The standard InChI is InChI=1S/C19H24N4OS/c1-12-17(13-7-9-23(12)10-8-13)22-18(24)16-11-21-19(25-16)14-3-5-15(20-2)6-4-14/h3-6,11-13,17,20H,7-10H2,1-2H3,(H,22,24). The summed E-state index contributed by atoms with van der Waals surface area (Å²) < 4.78 is 0. The smallest absolute Gasteiger partial charge is 0.263 e. The summed E-state index contributed by atoms with van der Waals surface area (Å²) >= 11 is 1.46. The number of piperidine rings is 3. The Hall–Kier alpha value is -1.92. The summed E-state index contributed by atoms with van der Waals surface area (Å²) in [4.78, 5) is 20.3. The zero-order chi connectivity index (χ0) is 17.4. The van der Waals surface area contributed by atoms with Gasteiger partial charge >= 0.3 is 0 Å². The highest BCUT2D eigenvalue weighted by molar-refractivity contribution is 7.16. The molecule has 0 radical (unpaired) electrons. The van der Waals surface area contributed by atoms with Crippen LogP contribution in [-0.2, 0) is 0 Å². The van der Waals surface area contributed by atoms with Crippen LogP contribution in [0.3, 0.4) is 0 Å². The van der Waals surface area contributed by atoms with Crippen LogP contribution in [0.2, 0.25) is 0 Å². The van der Waals surface area contributed by atoms with E-state index in [9.17, 15) is 4.79 Å². The van der Waals surface area contributed by atoms with Gasteiger partial charge in [-0.25, -0.2) is 4.98 Å². The minimum Gasteiger partial charge on any atom is -0.388 e. The molecule has 3 fully saturated rings. The third kappa shape index (κ3) is 3.16. The summed E-state index contributed by atoms with van der Waals surface area (Å²) in [7, 11) is 1.90. The normalized spacial score (nSPS) is 27.9. The lowest BCUT2D eigenvalue weighted by Gasteiger charge is -2.49. The Morgan fingerprint density at radius 1 is 1.24 bits per heavy atom. The molecule has 5 rings (SSSR count). The van der Waals surface area contributed by atoms with Gasteiger partial charge in [-0.1, -0.05) is 0 Å². The number of hydrogen-bond acceptors (Lipinski definition) is 5. The van der Waals surface area contributed by atoms with Crippen molar-refractivity contribution in [1.82, 2.24) is 15.2 Å². The largest absolute Gasteiger partial charge is 0.388 e. The Morgan fingerprint density at radius 3 is 2.60 bits per heavy atom. The van der Waals surface area contributed by atoms with Gasteiger partial charge in [0.15, 0.2) is 0 Å². The highest BCUT2D eigenvalue weighted by atomic mass is 32.1. The number of carbonyl (C=O) groups excluding carboxylic acids is 1. The zero-order valence-electron chi connectivity index (χ0n) is 14.7. The van der Waals surface area contributed by atoms with E-state index >= 15 is 0 Å². The molecule has 1 aromatic carbocycles. The predicted octanol–water partition coefficient (Wildman–Crippen LogP) is 3.06. The van der Waals surface area contributed by atoms with Gasteiger partial charge in [0, 0.05) is 30.4 Å². The van der Waals surface area contributed by atoms with Crippen molar-refractivity contribution in [3.05, 3.63) is 35.3 Å². The number of nitrogens with one attached hydrogen (secondary N) is 2. The maximum atomic E-state index is 12.7. The molecule has 2 bridgehead atoms. The van der Waals surface area contributed by atoms with Crippen LogP contribution in [0.25, 0.3) is 10.6 Å². The van der Waals surface area contributed by atoms with Crippen LogP contribution in [0.4, 0.5) is 5.69 Å². The van der Waals surface area contributed by atoms with E-state index in [0.717, 1.165) is 16.3 Å². The molecule has 3 aliphatic heterocycles. The summed E-state index contributed by atoms with van der Waals surface area (Å²) in [6.45, 7) is 4.58. The van der Waals surface area contributed by atoms with Crippen LogP contribution in [-0.4, -0.2) is 48.0 Å². The van der Waals surface area contributed by atoms with Crippen molar-refractivity contribution in [2.75, 3.05) is 25.5 Å². The van der Waals surface area contributed by atoms with Gasteiger partial charge in [-0.15, -0.1) is 11.3 Å². The van der Waals surface area contributed by atoms with Crippen LogP contribution in [0.5, 0.6) is 0 Å². The Bertz CT molecular complexity index is 747. The lowest BCUT2D eigenvalue weighted by atomic mass is 9.79. The molecule has 132 valence electrons. The number of anilines is 1. The van der Waals surface area contributed by atoms with Crippen molar-refractivity contribution in [1.29, 1.82) is 0 Å². The fraction of sp³-hybridized carbons (Fsp3) is 0.474. The molecule has 5 nitrogen and oxygen atoms in total. The van der Waals surface area contributed by atoms with Gasteiger partial charge in [0.2, 0.25) is 0 Å². The van der Waals surface area contributed by atoms with Crippen LogP contribution >= 0.6 is 11.3 Å². The molecule has 4 heterocycles. The number of aromatic nitrogens is 1. The molecule has 2 aromatic rings. The van der Waals surface area contributed by atoms with Crippen molar-refractivity contribution < 1.29 is 4.79 Å². The third-order valence-corrected chi connectivity index (χ3v) is 6.67. The average Bonchev–Trinajstić information content (AvgIpc) is 3.15. The molecule has 0 saturated carbocycles. The Labute approximate surface area is 152 Å². The van der Waals surface area contributed by atoms with Crippen molar-refractivity contribution in [2.45, 2.75) is 31.8 Å². The molecule has 2 N–H and O–H groups in total. The monoisotopic (exact) mass is 356 g/mol. The fourth-order valence-electron chi connectivity index (χ4n) is 4.06. The van der Waals surface area contributed by atoms with E-state index in [0.29, 0.717) is 16.8 Å². The van der Waals surface area contributed by atoms with Gasteiger partial charge in [-0.3, -0.25) is 9.69 Å². The molecular weight excluding hydrogens is 332 g/mol. The van der Waals surface area contributed by atoms with E-state index in [1.54, 1.807) is 6.20 Å². The summed E-state index contributed by atoms with van der Waals surface area (Å²) in [5, 5.41) is 7.27. The second-order valence-corrected chi connectivity index (χ2v) is 8.00. The number of nitrogens with zero attached hydrogens (tertiary/aromatic N) is 2. The van der Waals surface area contributed by atoms with Crippen molar-refractivity contribution in [2.24, 2.45) is 5.92 Å². The first-order valence-electron chi connectivity index (χ1n) is 8.94. The van der Waals surface area contributed by atoms with Crippen LogP contribution in [0.1, 0.15) is 29.4 Å². The fourth-order valence-corrected chi connectivity index (χ4v) is 4.88. The topological polar surface area (TPSA) is 57.3 Å². The highest BCUT2D eigenvalue weighted by Crippen LogP contribution is 2.33. The maximum absolute atomic E-state index is 12.7. The van der Waals surface area contributed by atoms with Gasteiger partial charge in [0.05, 0.1) is 6.20 Å². The maximum Gasteiger partial charge on any atom is 0.263 e. The first-order valence-corrected chi connectivity index (χ1v) is 9.76. The van der Waals surface area contributed by atoms with Gasteiger partial charge in [0.1, 0.15) is 9.88 Å². The third-order valence-electron chi connectivity index (χ3n) is 5.63. The Balaban J connectivity index is 1.47. The summed E-state index contributed by atoms with van der Waals surface area (Å²) in [5.41, 5.74) is 2.11. The second-order valence-electron chi connectivity index (χ2n) is 6.97. The minimum atomic E-state index is 0.0150. The van der Waals surface area contributed by atoms with Crippen molar-refractivity contribution in [3.63, 3.8) is 0 Å². The van der Waals surface area contributed by atoms with Crippen molar-refractivity contribution in [3.8, 4) is 10.6 Å². The van der Waals surface area contributed by atoms with E-state index in [-0.39, 0.29) is 11.9 Å². The van der Waals surface area contributed by atoms with Crippen LogP contribution in [0, 0.1) is 5.92 Å². The summed E-state index contributed by atoms with van der Waals surface area (Å²) in [6, 6.07) is 8.79. The lowest BCUT2D eigenvalue weighted by molar-refractivity contribution is 0.0218. The number of fused-ring (bicyclic) bond motifs is 3. The van der Waals surface area contributed by atoms with E-state index < -0.39 is 0 Å². The number of hydrogen-bond donors (Lipinski definition) is 2. The molecule has 6 heteroatoms. The molecule has 3 aliphatic rings. The van der Waals surface area contributed by atoms with Gasteiger partial charge in [0.25, 0.3) is 5.91 Å². The highest BCUT2D eigenvalue weighted by Gasteiger charge is 2.40. The number of amides is 1. The molecule has 0 spiro atoms. The van der Waals surface area contributed by atoms with Crippen LogP contribution < -0.4 is 10.6 Å². The van der Waals surface area contributed by atoms with Gasteiger partial charge < -0.3 is 10.6 Å². The number of benzene rings is 1. The lowest BCUT2D eigenvalue weighted by Crippen LogP contribution is -2.62. The number of rotatable bonds is 4. The quantitative estimate of drug-likeness (QED) is 0.884. The van der Waals surface area contributed by atoms with Crippen molar-refractivity contribution >= 4 is 22.9 Å². The number of thiazole rings is 1. The summed E-state index contributed by atoms with van der Waals surface area (Å²) in [6.07, 6.45) is 4.09. The molecule has 2 unspecified atom stereocenters. The van der Waals surface area contributed by atoms with E-state index in [1.165, 1.54) is 37.3 Å². The average molecular weight is 356 g/mol. The summed E-state index contributed by atoms with van der Waals surface area (Å²) in [5.74, 6) is 0.631. The predicted molar refractivity (Wildman–Crippen MR) is 102 cm³/mol. The van der Waals surface area contributed by atoms with Crippen LogP contribution in [0.15, 0.2) is 30.5 Å². The zero-order valence-corrected chi connectivity index (χ0v) is 15.5. The molecule has 3 saturated heterocycles. The van der Waals surface area contributed by atoms with E-state index in [4.69, 9.17) is 0 Å². The van der Waals surface area contributed by atoms with E-state index in [2.05, 4.69) is 27.4 Å². The molecule has 0 aliphatic carbocycles. The van der Waals surface area contributed by atoms with E-state index in [1.807, 2.05) is 31.3 Å². The minimum absolute atomic E-state index is 0.0150. The Morgan fingerprint density at radius 2 is 1.96 bits per heavy atom. The first kappa shape index (κ1) is 16.5.